The summed E-state index contributed by atoms with van der Waals surface area (Å²) >= 11 is 0. The third kappa shape index (κ3) is 8.93. The van der Waals surface area contributed by atoms with Crippen LogP contribution in [0.2, 0.25) is 0 Å². The average molecular weight is 435 g/mol. The SMILES string of the molecule is NC[C@H](O)[C@@H](O)[C@H](O)[C@H](O)CO.O=C(O)CCC(=O)c1ccc(-c2ccccc2)cc1. The van der Waals surface area contributed by atoms with E-state index in [2.05, 4.69) is 0 Å². The summed E-state index contributed by atoms with van der Waals surface area (Å²) < 4.78 is 0. The lowest BCUT2D eigenvalue weighted by Crippen LogP contribution is -2.48. The van der Waals surface area contributed by atoms with Crippen molar-refractivity contribution in [1.29, 1.82) is 0 Å². The Morgan fingerprint density at radius 1 is 0.774 bits per heavy atom. The maximum atomic E-state index is 11.7. The molecule has 2 rings (SSSR count). The molecule has 4 atom stereocenters. The maximum Gasteiger partial charge on any atom is 0.303 e. The highest BCUT2D eigenvalue weighted by Crippen LogP contribution is 2.19. The Labute approximate surface area is 180 Å². The van der Waals surface area contributed by atoms with E-state index < -0.39 is 37.0 Å². The van der Waals surface area contributed by atoms with Gasteiger partial charge in [0.15, 0.2) is 5.78 Å². The highest BCUT2D eigenvalue weighted by molar-refractivity contribution is 5.97. The van der Waals surface area contributed by atoms with Crippen molar-refractivity contribution < 1.29 is 40.2 Å². The molecule has 170 valence electrons. The van der Waals surface area contributed by atoms with Gasteiger partial charge in [-0.3, -0.25) is 9.59 Å². The summed E-state index contributed by atoms with van der Waals surface area (Å²) in [4.78, 5) is 22.2. The number of benzene rings is 2. The molecule has 8 N–H and O–H groups in total. The van der Waals surface area contributed by atoms with Crippen LogP contribution in [0.25, 0.3) is 11.1 Å². The highest BCUT2D eigenvalue weighted by Gasteiger charge is 2.28. The first-order chi connectivity index (χ1) is 14.7. The van der Waals surface area contributed by atoms with Crippen LogP contribution in [-0.2, 0) is 4.79 Å². The number of hydrogen-bond donors (Lipinski definition) is 7. The molecule has 0 fully saturated rings. The zero-order valence-electron chi connectivity index (χ0n) is 16.9. The summed E-state index contributed by atoms with van der Waals surface area (Å²) in [6.45, 7) is -0.911. The molecule has 2 aromatic rings. The molecule has 0 amide bonds. The number of aliphatic carboxylic acids is 1. The maximum absolute atomic E-state index is 11.7. The first-order valence-corrected chi connectivity index (χ1v) is 9.64. The van der Waals surface area contributed by atoms with E-state index in [1.165, 1.54) is 0 Å². The van der Waals surface area contributed by atoms with E-state index in [9.17, 15) is 9.59 Å². The van der Waals surface area contributed by atoms with Gasteiger partial charge in [0.25, 0.3) is 0 Å². The van der Waals surface area contributed by atoms with Gasteiger partial charge < -0.3 is 36.4 Å². The van der Waals surface area contributed by atoms with Gasteiger partial charge in [0.2, 0.25) is 0 Å². The zero-order valence-corrected chi connectivity index (χ0v) is 16.9. The van der Waals surface area contributed by atoms with Crippen molar-refractivity contribution in [3.63, 3.8) is 0 Å². The van der Waals surface area contributed by atoms with Crippen molar-refractivity contribution in [3.05, 3.63) is 60.2 Å². The van der Waals surface area contributed by atoms with E-state index in [1.807, 2.05) is 42.5 Å². The van der Waals surface area contributed by atoms with E-state index in [0.717, 1.165) is 11.1 Å². The van der Waals surface area contributed by atoms with Gasteiger partial charge in [-0.2, -0.15) is 0 Å². The molecule has 0 aliphatic rings. The molecular weight excluding hydrogens is 406 g/mol. The van der Waals surface area contributed by atoms with E-state index >= 15 is 0 Å². The van der Waals surface area contributed by atoms with E-state index in [0.29, 0.717) is 5.56 Å². The number of aliphatic hydroxyl groups is 5. The quantitative estimate of drug-likeness (QED) is 0.248. The number of carboxylic acids is 1. The van der Waals surface area contributed by atoms with Gasteiger partial charge in [-0.05, 0) is 11.1 Å². The Balaban J connectivity index is 0.000000348. The van der Waals surface area contributed by atoms with E-state index in [4.69, 9.17) is 36.4 Å². The van der Waals surface area contributed by atoms with Crippen molar-refractivity contribution in [3.8, 4) is 11.1 Å². The Kier molecular flexibility index (Phi) is 11.6. The average Bonchev–Trinajstić information content (AvgIpc) is 2.81. The van der Waals surface area contributed by atoms with Crippen molar-refractivity contribution in [2.24, 2.45) is 5.73 Å². The van der Waals surface area contributed by atoms with Crippen LogP contribution in [0.5, 0.6) is 0 Å². The number of carboxylic acid groups (broad SMARTS) is 1. The first-order valence-electron chi connectivity index (χ1n) is 9.64. The molecule has 0 radical (unpaired) electrons. The topological polar surface area (TPSA) is 182 Å². The molecule has 0 spiro atoms. The standard InChI is InChI=1S/C16H14O3.C6H15NO5/c17-15(10-11-16(18)19)14-8-6-13(7-9-14)12-4-2-1-3-5-12;7-1-3(9)5(11)6(12)4(10)2-8/h1-9H,10-11H2,(H,18,19);3-6,8-12H,1-2,7H2/t;3-,4+,5+,6+/m.0/s1. The third-order valence-corrected chi connectivity index (χ3v) is 4.45. The molecule has 0 heterocycles. The van der Waals surface area contributed by atoms with Crippen LogP contribution in [0.4, 0.5) is 0 Å². The molecule has 9 nitrogen and oxygen atoms in total. The molecule has 0 aromatic heterocycles. The van der Waals surface area contributed by atoms with Crippen LogP contribution in [0.15, 0.2) is 54.6 Å². The highest BCUT2D eigenvalue weighted by atomic mass is 16.4. The Morgan fingerprint density at radius 3 is 1.77 bits per heavy atom. The molecule has 0 saturated heterocycles. The largest absolute Gasteiger partial charge is 0.481 e. The smallest absolute Gasteiger partial charge is 0.303 e. The Hall–Kier alpha value is -2.66. The van der Waals surface area contributed by atoms with Gasteiger partial charge in [0.1, 0.15) is 18.3 Å². The molecule has 31 heavy (non-hydrogen) atoms. The number of carbonyl (C=O) groups is 2. The molecule has 9 heteroatoms. The van der Waals surface area contributed by atoms with Gasteiger partial charge in [-0.15, -0.1) is 0 Å². The fraction of sp³-hybridized carbons (Fsp3) is 0.364. The molecular formula is C22H29NO8. The molecule has 0 aliphatic carbocycles. The summed E-state index contributed by atoms with van der Waals surface area (Å²) in [5.41, 5.74) is 7.67. The second-order valence-electron chi connectivity index (χ2n) is 6.79. The van der Waals surface area contributed by atoms with Crippen LogP contribution in [0, 0.1) is 0 Å². The fourth-order valence-corrected chi connectivity index (χ4v) is 2.55. The van der Waals surface area contributed by atoms with Crippen molar-refractivity contribution in [2.45, 2.75) is 37.3 Å². The van der Waals surface area contributed by atoms with Crippen molar-refractivity contribution >= 4 is 11.8 Å². The van der Waals surface area contributed by atoms with Crippen molar-refractivity contribution in [2.75, 3.05) is 13.2 Å². The first kappa shape index (κ1) is 26.4. The van der Waals surface area contributed by atoms with Crippen LogP contribution >= 0.6 is 0 Å². The van der Waals surface area contributed by atoms with Crippen molar-refractivity contribution in [1.82, 2.24) is 0 Å². The monoisotopic (exact) mass is 435 g/mol. The van der Waals surface area contributed by atoms with Gasteiger partial charge in [-0.1, -0.05) is 54.6 Å². The van der Waals surface area contributed by atoms with Gasteiger partial charge in [0, 0.05) is 18.5 Å². The van der Waals surface area contributed by atoms with Gasteiger partial charge >= 0.3 is 5.97 Å². The number of aliphatic hydroxyl groups excluding tert-OH is 5. The zero-order chi connectivity index (χ0) is 23.4. The lowest BCUT2D eigenvalue weighted by Gasteiger charge is -2.24. The molecule has 0 bridgehead atoms. The van der Waals surface area contributed by atoms with Crippen LogP contribution in [0.1, 0.15) is 23.2 Å². The summed E-state index contributed by atoms with van der Waals surface area (Å²) in [6.07, 6.45) is -5.99. The third-order valence-electron chi connectivity index (χ3n) is 4.45. The number of nitrogens with two attached hydrogens (primary N) is 1. The second kappa shape index (κ2) is 13.6. The Bertz CT molecular complexity index is 783. The van der Waals surface area contributed by atoms with Crippen LogP contribution < -0.4 is 5.73 Å². The van der Waals surface area contributed by atoms with Crippen LogP contribution in [-0.4, -0.2) is 80.0 Å². The molecule has 0 unspecified atom stereocenters. The predicted molar refractivity (Wildman–Crippen MR) is 113 cm³/mol. The number of carbonyl (C=O) groups excluding carboxylic acids is 1. The number of ketones is 1. The predicted octanol–water partition coefficient (Wildman–Crippen LogP) is -0.218. The van der Waals surface area contributed by atoms with E-state index in [-0.39, 0.29) is 25.2 Å². The molecule has 2 aromatic carbocycles. The number of rotatable bonds is 10. The lowest BCUT2D eigenvalue weighted by atomic mass is 10.0. The minimum absolute atomic E-state index is 0.0417. The minimum Gasteiger partial charge on any atom is -0.481 e. The second-order valence-corrected chi connectivity index (χ2v) is 6.79. The summed E-state index contributed by atoms with van der Waals surface area (Å²) in [5, 5.41) is 52.7. The van der Waals surface area contributed by atoms with E-state index in [1.54, 1.807) is 12.1 Å². The molecule has 0 saturated carbocycles. The lowest BCUT2D eigenvalue weighted by molar-refractivity contribution is -0.136. The summed E-state index contributed by atoms with van der Waals surface area (Å²) in [7, 11) is 0. The fourth-order valence-electron chi connectivity index (χ4n) is 2.55. The molecule has 0 aliphatic heterocycles. The number of Topliss-reactive ketones (excluding diaryl/α,β-unsaturated/α-hetero) is 1. The van der Waals surface area contributed by atoms with Gasteiger partial charge in [-0.25, -0.2) is 0 Å². The Morgan fingerprint density at radius 2 is 1.29 bits per heavy atom. The van der Waals surface area contributed by atoms with Crippen LogP contribution in [0.3, 0.4) is 0 Å². The number of hydrogen-bond acceptors (Lipinski definition) is 8. The van der Waals surface area contributed by atoms with Gasteiger partial charge in [0.05, 0.1) is 19.1 Å². The summed E-state index contributed by atoms with van der Waals surface area (Å²) in [6, 6.07) is 17.1. The summed E-state index contributed by atoms with van der Waals surface area (Å²) in [5.74, 6) is -1.09. The minimum atomic E-state index is -1.59. The normalized spacial score (nSPS) is 14.5.